The Balaban J connectivity index is 3.72. The van der Waals surface area contributed by atoms with Gasteiger partial charge in [0.2, 0.25) is 0 Å². The number of nitrogens with zero attached hydrogens (tertiary/aromatic N) is 2. The smallest absolute Gasteiger partial charge is 0.423 e. The van der Waals surface area contributed by atoms with E-state index in [9.17, 15) is 4.79 Å². The van der Waals surface area contributed by atoms with Gasteiger partial charge in [-0.15, -0.1) is 0 Å². The van der Waals surface area contributed by atoms with E-state index < -0.39 is 0 Å². The molecule has 0 saturated carbocycles. The first kappa shape index (κ1) is 8.23. The molecular formula is C5H12N2O2. The molecule has 0 aromatic rings. The van der Waals surface area contributed by atoms with Gasteiger partial charge in [-0.1, -0.05) is 0 Å². The van der Waals surface area contributed by atoms with Crippen LogP contribution in [0.2, 0.25) is 0 Å². The Kier molecular flexibility index (Phi) is 3.01. The number of hydrogen-bond acceptors (Lipinski definition) is 3. The van der Waals surface area contributed by atoms with Crippen molar-refractivity contribution < 1.29 is 9.53 Å². The number of carbonyl (C=O) groups excluding carboxylic acids is 1. The Morgan fingerprint density at radius 1 is 1.33 bits per heavy atom. The van der Waals surface area contributed by atoms with Crippen LogP contribution in [0.15, 0.2) is 0 Å². The molecule has 0 rings (SSSR count). The van der Waals surface area contributed by atoms with Gasteiger partial charge in [0, 0.05) is 21.1 Å². The Morgan fingerprint density at radius 3 is 1.89 bits per heavy atom. The molecule has 0 unspecified atom stereocenters. The van der Waals surface area contributed by atoms with Crippen molar-refractivity contribution >= 4 is 6.09 Å². The lowest BCUT2D eigenvalue weighted by Crippen LogP contribution is -2.38. The van der Waals surface area contributed by atoms with Crippen LogP contribution in [-0.4, -0.2) is 44.4 Å². The minimum atomic E-state index is -0.361. The van der Waals surface area contributed by atoms with Crippen LogP contribution in [0.25, 0.3) is 0 Å². The van der Waals surface area contributed by atoms with Gasteiger partial charge in [-0.3, -0.25) is 0 Å². The minimum Gasteiger partial charge on any atom is -0.452 e. The van der Waals surface area contributed by atoms with Crippen molar-refractivity contribution in [3.8, 4) is 0 Å². The van der Waals surface area contributed by atoms with Gasteiger partial charge in [-0.25, -0.2) is 14.8 Å². The summed E-state index contributed by atoms with van der Waals surface area (Å²) >= 11 is 0. The number of carbonyl (C=O) groups is 1. The van der Waals surface area contributed by atoms with Gasteiger partial charge < -0.3 is 4.74 Å². The highest BCUT2D eigenvalue weighted by atomic mass is 16.5. The molecule has 54 valence electrons. The Morgan fingerprint density at radius 2 is 1.78 bits per heavy atom. The summed E-state index contributed by atoms with van der Waals surface area (Å²) in [6.45, 7) is 0. The number of hydrogen-bond donors (Lipinski definition) is 0. The summed E-state index contributed by atoms with van der Waals surface area (Å²) in [5.41, 5.74) is 0. The van der Waals surface area contributed by atoms with Gasteiger partial charge in [0.05, 0.1) is 7.11 Å². The average Bonchev–Trinajstić information content (AvgIpc) is 1.84. The van der Waals surface area contributed by atoms with E-state index in [0.29, 0.717) is 0 Å². The lowest BCUT2D eigenvalue weighted by molar-refractivity contribution is 0.0417. The van der Waals surface area contributed by atoms with Crippen LogP contribution < -0.4 is 0 Å². The molecule has 0 aromatic carbocycles. The van der Waals surface area contributed by atoms with Crippen LogP contribution in [0, 0.1) is 0 Å². The lowest BCUT2D eigenvalue weighted by Gasteiger charge is -2.21. The summed E-state index contributed by atoms with van der Waals surface area (Å²) < 4.78 is 4.42. The molecule has 4 nitrogen and oxygen atoms in total. The highest BCUT2D eigenvalue weighted by Crippen LogP contribution is 1.88. The van der Waals surface area contributed by atoms with E-state index in [0.717, 1.165) is 0 Å². The zero-order valence-corrected chi connectivity index (χ0v) is 6.21. The van der Waals surface area contributed by atoms with Crippen molar-refractivity contribution in [2.45, 2.75) is 0 Å². The van der Waals surface area contributed by atoms with Gasteiger partial charge in [-0.2, -0.15) is 0 Å². The second kappa shape index (κ2) is 3.29. The van der Waals surface area contributed by atoms with E-state index in [2.05, 4.69) is 4.74 Å². The molecule has 0 aromatic heterocycles. The molecule has 1 amide bonds. The normalized spacial score (nSPS) is 9.44. The molecule has 0 N–H and O–H groups in total. The highest BCUT2D eigenvalue weighted by Gasteiger charge is 2.08. The monoisotopic (exact) mass is 132 g/mol. The fraction of sp³-hybridized carbons (Fsp3) is 0.800. The van der Waals surface area contributed by atoms with E-state index in [1.807, 2.05) is 0 Å². The summed E-state index contributed by atoms with van der Waals surface area (Å²) in [5.74, 6) is 0. The maximum Gasteiger partial charge on any atom is 0.423 e. The molecule has 0 bridgehead atoms. The van der Waals surface area contributed by atoms with Crippen LogP contribution in [0.5, 0.6) is 0 Å². The van der Waals surface area contributed by atoms with Crippen molar-refractivity contribution in [3.05, 3.63) is 0 Å². The summed E-state index contributed by atoms with van der Waals surface area (Å²) in [5, 5.41) is 2.99. The van der Waals surface area contributed by atoms with E-state index in [4.69, 9.17) is 0 Å². The van der Waals surface area contributed by atoms with Crippen molar-refractivity contribution in [1.29, 1.82) is 0 Å². The zero-order valence-electron chi connectivity index (χ0n) is 6.21. The molecule has 0 fully saturated rings. The molecule has 0 aliphatic carbocycles. The van der Waals surface area contributed by atoms with Crippen LogP contribution >= 0.6 is 0 Å². The molecule has 0 atom stereocenters. The van der Waals surface area contributed by atoms with Crippen molar-refractivity contribution in [1.82, 2.24) is 10.0 Å². The van der Waals surface area contributed by atoms with E-state index in [1.54, 1.807) is 26.2 Å². The summed E-state index contributed by atoms with van der Waals surface area (Å²) in [7, 11) is 6.50. The first-order valence-electron chi connectivity index (χ1n) is 2.58. The summed E-state index contributed by atoms with van der Waals surface area (Å²) in [4.78, 5) is 10.6. The predicted octanol–water partition coefficient (Wildman–Crippen LogP) is 0.161. The van der Waals surface area contributed by atoms with E-state index >= 15 is 0 Å². The second-order valence-corrected chi connectivity index (χ2v) is 1.84. The summed E-state index contributed by atoms with van der Waals surface area (Å²) in [6, 6.07) is 0. The van der Waals surface area contributed by atoms with Gasteiger partial charge >= 0.3 is 6.09 Å². The molecular weight excluding hydrogens is 120 g/mol. The molecule has 9 heavy (non-hydrogen) atoms. The molecule has 0 heterocycles. The first-order chi connectivity index (χ1) is 4.09. The van der Waals surface area contributed by atoms with Gasteiger partial charge in [0.1, 0.15) is 0 Å². The minimum absolute atomic E-state index is 0.361. The molecule has 0 saturated heterocycles. The standard InChI is InChI=1S/C5H12N2O2/c1-6(2)7(3)5(8)9-4/h1-4H3. The number of amides is 1. The number of rotatable bonds is 1. The van der Waals surface area contributed by atoms with Crippen molar-refractivity contribution in [3.63, 3.8) is 0 Å². The third-order valence-corrected chi connectivity index (χ3v) is 1.04. The van der Waals surface area contributed by atoms with Crippen LogP contribution in [0.1, 0.15) is 0 Å². The number of methoxy groups -OCH3 is 1. The molecule has 0 spiro atoms. The predicted molar refractivity (Wildman–Crippen MR) is 33.9 cm³/mol. The molecule has 0 radical (unpaired) electrons. The number of hydrazine groups is 1. The molecule has 0 aliphatic rings. The SMILES string of the molecule is COC(=O)N(C)N(C)C. The summed E-state index contributed by atoms with van der Waals surface area (Å²) in [6.07, 6.45) is -0.361. The Labute approximate surface area is 55.0 Å². The molecule has 4 heteroatoms. The second-order valence-electron chi connectivity index (χ2n) is 1.84. The topological polar surface area (TPSA) is 32.8 Å². The number of ether oxygens (including phenoxy) is 1. The Hall–Kier alpha value is -0.770. The third-order valence-electron chi connectivity index (χ3n) is 1.04. The lowest BCUT2D eigenvalue weighted by atomic mass is 10.9. The quantitative estimate of drug-likeness (QED) is 0.476. The fourth-order valence-corrected chi connectivity index (χ4v) is 0.295. The molecule has 0 aliphatic heterocycles. The maximum atomic E-state index is 10.6. The largest absolute Gasteiger partial charge is 0.452 e. The fourth-order valence-electron chi connectivity index (χ4n) is 0.295. The highest BCUT2D eigenvalue weighted by molar-refractivity contribution is 5.66. The first-order valence-corrected chi connectivity index (χ1v) is 2.58. The zero-order chi connectivity index (χ0) is 7.44. The van der Waals surface area contributed by atoms with E-state index in [1.165, 1.54) is 12.1 Å². The van der Waals surface area contributed by atoms with Crippen LogP contribution in [0.4, 0.5) is 4.79 Å². The van der Waals surface area contributed by atoms with Crippen molar-refractivity contribution in [2.24, 2.45) is 0 Å². The third kappa shape index (κ3) is 2.32. The Bertz CT molecular complexity index is 103. The van der Waals surface area contributed by atoms with Gasteiger partial charge in [0.15, 0.2) is 0 Å². The van der Waals surface area contributed by atoms with Gasteiger partial charge in [0.25, 0.3) is 0 Å². The average molecular weight is 132 g/mol. The van der Waals surface area contributed by atoms with Crippen LogP contribution in [0.3, 0.4) is 0 Å². The van der Waals surface area contributed by atoms with Crippen LogP contribution in [-0.2, 0) is 4.74 Å². The maximum absolute atomic E-state index is 10.6. The van der Waals surface area contributed by atoms with Crippen molar-refractivity contribution in [2.75, 3.05) is 28.3 Å². The van der Waals surface area contributed by atoms with Gasteiger partial charge in [-0.05, 0) is 0 Å². The van der Waals surface area contributed by atoms with E-state index in [-0.39, 0.29) is 6.09 Å².